The van der Waals surface area contributed by atoms with Crippen LogP contribution in [0.5, 0.6) is 0 Å². The molecule has 6 nitrogen and oxygen atoms in total. The van der Waals surface area contributed by atoms with E-state index < -0.39 is 4.92 Å². The maximum Gasteiger partial charge on any atom is 0.273 e. The van der Waals surface area contributed by atoms with Gasteiger partial charge >= 0.3 is 0 Å². The lowest BCUT2D eigenvalue weighted by Crippen LogP contribution is -2.13. The molecular weight excluding hydrogens is 326 g/mol. The first-order chi connectivity index (χ1) is 9.40. The summed E-state index contributed by atoms with van der Waals surface area (Å²) in [5.74, 6) is 0.345. The molecule has 0 amide bonds. The largest absolute Gasteiger partial charge is 0.313 e. The summed E-state index contributed by atoms with van der Waals surface area (Å²) >= 11 is 3.53. The molecule has 0 saturated carbocycles. The highest BCUT2D eigenvalue weighted by Gasteiger charge is 2.20. The topological polar surface area (TPSA) is 88.9 Å². The Hall–Kier alpha value is -1.76. The van der Waals surface area contributed by atoms with E-state index >= 15 is 0 Å². The van der Waals surface area contributed by atoms with Crippen LogP contribution in [0.15, 0.2) is 23.3 Å². The number of hydrogen-bond acceptors (Lipinski definition) is 4. The van der Waals surface area contributed by atoms with Crippen LogP contribution in [0, 0.1) is 16.0 Å². The molecule has 0 saturated heterocycles. The number of rotatable bonds is 4. The van der Waals surface area contributed by atoms with Gasteiger partial charge in [-0.2, -0.15) is 0 Å². The lowest BCUT2D eigenvalue weighted by atomic mass is 10.00. The zero-order valence-corrected chi connectivity index (χ0v) is 12.7. The van der Waals surface area contributed by atoms with Crippen molar-refractivity contribution in [3.63, 3.8) is 0 Å². The summed E-state index contributed by atoms with van der Waals surface area (Å²) in [5, 5.41) is 11.4. The second-order valence-corrected chi connectivity index (χ2v) is 6.13. The lowest BCUT2D eigenvalue weighted by Gasteiger charge is -2.13. The standard InChI is InChI=1S/C13H14BrN3O3/c1-7(2)10(14)3-8-4-11-9(5-12(8)17(19)20)13(18)16-6-15-11/h4-7,10H,3H2,1-2H3,(H,15,16,18). The van der Waals surface area contributed by atoms with E-state index in [1.807, 2.05) is 13.8 Å². The van der Waals surface area contributed by atoms with Gasteiger partial charge in [0.05, 0.1) is 22.2 Å². The molecule has 1 heterocycles. The van der Waals surface area contributed by atoms with Crippen molar-refractivity contribution >= 4 is 32.5 Å². The Kier molecular flexibility index (Phi) is 4.17. The Morgan fingerprint density at radius 1 is 1.45 bits per heavy atom. The predicted octanol–water partition coefficient (Wildman–Crippen LogP) is 2.79. The van der Waals surface area contributed by atoms with Crippen LogP contribution in [-0.2, 0) is 6.42 Å². The fourth-order valence-corrected chi connectivity index (χ4v) is 2.27. The van der Waals surface area contributed by atoms with Gasteiger partial charge in [-0.25, -0.2) is 4.98 Å². The highest BCUT2D eigenvalue weighted by atomic mass is 79.9. The van der Waals surface area contributed by atoms with E-state index in [9.17, 15) is 14.9 Å². The number of H-pyrrole nitrogens is 1. The van der Waals surface area contributed by atoms with Crippen LogP contribution >= 0.6 is 15.9 Å². The molecule has 1 aromatic carbocycles. The molecule has 2 rings (SSSR count). The summed E-state index contributed by atoms with van der Waals surface area (Å²) in [5.41, 5.74) is 0.638. The lowest BCUT2D eigenvalue weighted by molar-refractivity contribution is -0.385. The molecule has 106 valence electrons. The van der Waals surface area contributed by atoms with E-state index in [1.165, 1.54) is 12.4 Å². The molecule has 1 unspecified atom stereocenters. The number of aromatic nitrogens is 2. The highest BCUT2D eigenvalue weighted by Crippen LogP contribution is 2.27. The monoisotopic (exact) mass is 339 g/mol. The summed E-state index contributed by atoms with van der Waals surface area (Å²) in [6, 6.07) is 2.93. The zero-order chi connectivity index (χ0) is 14.9. The average Bonchev–Trinajstić information content (AvgIpc) is 2.38. The van der Waals surface area contributed by atoms with Gasteiger partial charge in [0, 0.05) is 16.5 Å². The molecule has 1 N–H and O–H groups in total. The minimum Gasteiger partial charge on any atom is -0.313 e. The van der Waals surface area contributed by atoms with E-state index in [0.717, 1.165) is 0 Å². The third-order valence-electron chi connectivity index (χ3n) is 3.18. The smallest absolute Gasteiger partial charge is 0.273 e. The van der Waals surface area contributed by atoms with Gasteiger partial charge in [-0.1, -0.05) is 29.8 Å². The number of nitrogens with one attached hydrogen (secondary N) is 1. The van der Waals surface area contributed by atoms with Gasteiger partial charge in [0.1, 0.15) is 0 Å². The van der Waals surface area contributed by atoms with E-state index in [2.05, 4.69) is 25.9 Å². The van der Waals surface area contributed by atoms with Crippen LogP contribution in [0.25, 0.3) is 10.9 Å². The second-order valence-electron chi connectivity index (χ2n) is 4.95. The molecule has 0 bridgehead atoms. The van der Waals surface area contributed by atoms with Crippen molar-refractivity contribution in [2.45, 2.75) is 25.1 Å². The minimum atomic E-state index is -0.457. The summed E-state index contributed by atoms with van der Waals surface area (Å²) in [4.78, 5) is 29.0. The number of benzene rings is 1. The Morgan fingerprint density at radius 3 is 2.75 bits per heavy atom. The first-order valence-corrected chi connectivity index (χ1v) is 7.10. The molecule has 0 aliphatic carbocycles. The Morgan fingerprint density at radius 2 is 2.15 bits per heavy atom. The molecule has 20 heavy (non-hydrogen) atoms. The maximum atomic E-state index is 11.7. The zero-order valence-electron chi connectivity index (χ0n) is 11.1. The van der Waals surface area contributed by atoms with Crippen molar-refractivity contribution in [1.82, 2.24) is 9.97 Å². The summed E-state index contributed by atoms with van der Waals surface area (Å²) in [7, 11) is 0. The maximum absolute atomic E-state index is 11.7. The number of nitro benzene ring substituents is 1. The summed E-state index contributed by atoms with van der Waals surface area (Å²) in [6.07, 6.45) is 1.81. The van der Waals surface area contributed by atoms with Crippen LogP contribution in [0.1, 0.15) is 19.4 Å². The van der Waals surface area contributed by atoms with Crippen LogP contribution in [-0.4, -0.2) is 19.7 Å². The van der Waals surface area contributed by atoms with Crippen LogP contribution < -0.4 is 5.56 Å². The quantitative estimate of drug-likeness (QED) is 0.527. The average molecular weight is 340 g/mol. The molecule has 0 spiro atoms. The molecule has 0 radical (unpaired) electrons. The molecular formula is C13H14BrN3O3. The third kappa shape index (κ3) is 2.87. The number of nitro groups is 1. The van der Waals surface area contributed by atoms with E-state index in [4.69, 9.17) is 0 Å². The number of alkyl halides is 1. The fraction of sp³-hybridized carbons (Fsp3) is 0.385. The molecule has 0 aliphatic rings. The Bertz CT molecular complexity index is 712. The molecule has 1 aromatic heterocycles. The van der Waals surface area contributed by atoms with Crippen LogP contribution in [0.3, 0.4) is 0 Å². The van der Waals surface area contributed by atoms with Crippen molar-refractivity contribution in [2.75, 3.05) is 0 Å². The minimum absolute atomic E-state index is 0.0406. The number of aromatic amines is 1. The van der Waals surface area contributed by atoms with Gasteiger partial charge < -0.3 is 4.98 Å². The molecule has 2 aromatic rings. The van der Waals surface area contributed by atoms with E-state index in [1.54, 1.807) is 6.07 Å². The highest BCUT2D eigenvalue weighted by molar-refractivity contribution is 9.09. The predicted molar refractivity (Wildman–Crippen MR) is 80.3 cm³/mol. The molecule has 0 aliphatic heterocycles. The van der Waals surface area contributed by atoms with Gasteiger partial charge in [-0.05, 0) is 18.4 Å². The number of fused-ring (bicyclic) bond motifs is 1. The summed E-state index contributed by atoms with van der Waals surface area (Å²) in [6.45, 7) is 4.07. The molecule has 1 atom stereocenters. The van der Waals surface area contributed by atoms with Gasteiger partial charge in [-0.3, -0.25) is 14.9 Å². The van der Waals surface area contributed by atoms with Gasteiger partial charge in [0.25, 0.3) is 11.2 Å². The molecule has 7 heteroatoms. The summed E-state index contributed by atoms with van der Waals surface area (Å²) < 4.78 is 0. The number of halogens is 1. The van der Waals surface area contributed by atoms with Gasteiger partial charge in [0.2, 0.25) is 0 Å². The van der Waals surface area contributed by atoms with Crippen molar-refractivity contribution in [3.05, 3.63) is 44.5 Å². The van der Waals surface area contributed by atoms with Crippen LogP contribution in [0.4, 0.5) is 5.69 Å². The Labute approximate surface area is 123 Å². The van der Waals surface area contributed by atoms with E-state index in [-0.39, 0.29) is 21.5 Å². The number of nitrogens with zero attached hydrogens (tertiary/aromatic N) is 2. The number of hydrogen-bond donors (Lipinski definition) is 1. The van der Waals surface area contributed by atoms with E-state index in [0.29, 0.717) is 23.4 Å². The Balaban J connectivity index is 2.60. The second kappa shape index (κ2) is 5.70. The third-order valence-corrected chi connectivity index (χ3v) is 4.56. The normalized spacial score (nSPS) is 12.8. The van der Waals surface area contributed by atoms with Crippen molar-refractivity contribution < 1.29 is 4.92 Å². The fourth-order valence-electron chi connectivity index (χ4n) is 1.93. The SMILES string of the molecule is CC(C)C(Br)Cc1cc2nc[nH]c(=O)c2cc1[N+](=O)[O-]. The molecule has 0 fully saturated rings. The van der Waals surface area contributed by atoms with Gasteiger partial charge in [-0.15, -0.1) is 0 Å². The van der Waals surface area contributed by atoms with Crippen molar-refractivity contribution in [1.29, 1.82) is 0 Å². The van der Waals surface area contributed by atoms with Crippen molar-refractivity contribution in [3.8, 4) is 0 Å². The van der Waals surface area contributed by atoms with Crippen molar-refractivity contribution in [2.24, 2.45) is 5.92 Å². The van der Waals surface area contributed by atoms with Gasteiger partial charge in [0.15, 0.2) is 0 Å². The van der Waals surface area contributed by atoms with Crippen LogP contribution in [0.2, 0.25) is 0 Å². The first kappa shape index (κ1) is 14.6. The first-order valence-electron chi connectivity index (χ1n) is 6.19.